The number of aliphatic hydroxyl groups is 1. The van der Waals surface area contributed by atoms with E-state index in [1.54, 1.807) is 19.2 Å². The number of carbonyl (C=O) groups excluding carboxylic acids is 2. The first kappa shape index (κ1) is 35.6. The molecule has 3 aliphatic rings. The molecule has 0 aromatic rings. The maximum atomic E-state index is 14.4. The molecule has 0 radical (unpaired) electrons. The van der Waals surface area contributed by atoms with Gasteiger partial charge in [0.2, 0.25) is 5.91 Å². The van der Waals surface area contributed by atoms with Gasteiger partial charge in [0.15, 0.2) is 11.4 Å². The second kappa shape index (κ2) is 18.8. The van der Waals surface area contributed by atoms with E-state index in [-0.39, 0.29) is 42.1 Å². The smallest absolute Gasteiger partial charge is 0.258 e. The number of unbranched alkanes of at least 4 members (excludes halogenated alkanes) is 10. The average Bonchev–Trinajstić information content (AvgIpc) is 3.13. The predicted molar refractivity (Wildman–Crippen MR) is 174 cm³/mol. The van der Waals surface area contributed by atoms with Crippen molar-refractivity contribution in [2.75, 3.05) is 6.61 Å². The number of ether oxygens (including phenoxy) is 1. The van der Waals surface area contributed by atoms with Crippen LogP contribution in [-0.4, -0.2) is 47.2 Å². The van der Waals surface area contributed by atoms with Crippen molar-refractivity contribution in [2.24, 2.45) is 21.8 Å². The highest BCUT2D eigenvalue weighted by Gasteiger charge is 2.48. The van der Waals surface area contributed by atoms with Crippen LogP contribution in [0.25, 0.3) is 0 Å². The molecule has 0 aliphatic carbocycles. The quantitative estimate of drug-likeness (QED) is 0.0730. The molecule has 7 nitrogen and oxygen atoms in total. The van der Waals surface area contributed by atoms with Crippen LogP contribution in [0.5, 0.6) is 0 Å². The minimum atomic E-state index is -1.09. The van der Waals surface area contributed by atoms with Crippen molar-refractivity contribution < 1.29 is 23.8 Å². The summed E-state index contributed by atoms with van der Waals surface area (Å²) in [6.45, 7) is 3.51. The van der Waals surface area contributed by atoms with Crippen molar-refractivity contribution in [1.29, 1.82) is 0 Å². The predicted octanol–water partition coefficient (Wildman–Crippen LogP) is 7.45. The number of aliphatic hydroxyl groups excluding tert-OH is 1. The standard InChI is InChI=1S/C36H52FN3O4/c1-4-6-7-8-9-10-11-12-13-14-15-19-33(43)40-35-34-28(22-23-32(37)39-35)20-21-29(25-38-34)31-24-30(18-16-17-27(3)42)36(5-2,26-41)44-31/h2,22,25,29-31,41H,4,6-21,24,26H2,1,3H3,(H,39,40,43)/t29?,30-,31+,36+/m0/s1. The molecule has 3 aliphatic heterocycles. The summed E-state index contributed by atoms with van der Waals surface area (Å²) in [5.41, 5.74) is 2.64. The number of carbonyl (C=O) groups is 2. The van der Waals surface area contributed by atoms with Gasteiger partial charge in [-0.1, -0.05) is 82.8 Å². The van der Waals surface area contributed by atoms with Gasteiger partial charge in [-0.3, -0.25) is 9.79 Å². The molecule has 4 atom stereocenters. The summed E-state index contributed by atoms with van der Waals surface area (Å²) < 4.78 is 20.7. The molecule has 1 fully saturated rings. The summed E-state index contributed by atoms with van der Waals surface area (Å²) in [5, 5.41) is 13.0. The van der Waals surface area contributed by atoms with Crippen molar-refractivity contribution >= 4 is 23.7 Å². The Morgan fingerprint density at radius 2 is 1.80 bits per heavy atom. The molecule has 0 bridgehead atoms. The Hall–Kier alpha value is -2.85. The minimum Gasteiger partial charge on any atom is -0.392 e. The highest BCUT2D eigenvalue weighted by atomic mass is 19.1. The second-order valence-corrected chi connectivity index (χ2v) is 12.6. The summed E-state index contributed by atoms with van der Waals surface area (Å²) in [6.07, 6.45) is 26.2. The lowest BCUT2D eigenvalue weighted by molar-refractivity contribution is -0.120. The topological polar surface area (TPSA) is 100 Å². The maximum Gasteiger partial charge on any atom is 0.258 e. The Balaban J connectivity index is 1.53. The Morgan fingerprint density at radius 3 is 2.43 bits per heavy atom. The zero-order valence-corrected chi connectivity index (χ0v) is 26.8. The number of hydrogen-bond donors (Lipinski definition) is 2. The van der Waals surface area contributed by atoms with Crippen LogP contribution in [0.2, 0.25) is 0 Å². The lowest BCUT2D eigenvalue weighted by atomic mass is 9.82. The molecule has 0 spiro atoms. The van der Waals surface area contributed by atoms with Gasteiger partial charge in [0.05, 0.1) is 12.7 Å². The number of nitrogens with one attached hydrogen (secondary N) is 1. The van der Waals surface area contributed by atoms with E-state index >= 15 is 0 Å². The highest BCUT2D eigenvalue weighted by molar-refractivity contribution is 6.09. The van der Waals surface area contributed by atoms with E-state index in [0.717, 1.165) is 24.8 Å². The summed E-state index contributed by atoms with van der Waals surface area (Å²) in [5.74, 6) is 1.74. The van der Waals surface area contributed by atoms with E-state index in [1.807, 2.05) is 0 Å². The van der Waals surface area contributed by atoms with E-state index in [1.165, 1.54) is 51.4 Å². The largest absolute Gasteiger partial charge is 0.392 e. The van der Waals surface area contributed by atoms with Gasteiger partial charge < -0.3 is 20.0 Å². The van der Waals surface area contributed by atoms with Crippen LogP contribution in [0.15, 0.2) is 39.0 Å². The fourth-order valence-electron chi connectivity index (χ4n) is 6.43. The number of allylic oxidation sites excluding steroid dienone is 2. The van der Waals surface area contributed by atoms with Crippen LogP contribution >= 0.6 is 0 Å². The number of amidine groups is 1. The summed E-state index contributed by atoms with van der Waals surface area (Å²) in [4.78, 5) is 32.9. The Bertz CT molecular complexity index is 1180. The first-order valence-corrected chi connectivity index (χ1v) is 16.9. The molecule has 2 N–H and O–H groups in total. The number of amides is 1. The van der Waals surface area contributed by atoms with Crippen molar-refractivity contribution in [1.82, 2.24) is 5.32 Å². The molecule has 8 heteroatoms. The van der Waals surface area contributed by atoms with Crippen LogP contribution in [0.3, 0.4) is 0 Å². The van der Waals surface area contributed by atoms with Crippen LogP contribution < -0.4 is 5.32 Å². The lowest BCUT2D eigenvalue weighted by Crippen LogP contribution is -2.39. The van der Waals surface area contributed by atoms with E-state index < -0.39 is 11.6 Å². The Labute approximate surface area is 263 Å². The molecule has 242 valence electrons. The van der Waals surface area contributed by atoms with Crippen molar-refractivity contribution in [3.05, 3.63) is 29.0 Å². The van der Waals surface area contributed by atoms with Crippen LogP contribution in [-0.2, 0) is 14.3 Å². The average molecular weight is 610 g/mol. The van der Waals surface area contributed by atoms with Crippen molar-refractivity contribution in [3.63, 3.8) is 0 Å². The van der Waals surface area contributed by atoms with Gasteiger partial charge in [0.1, 0.15) is 11.5 Å². The number of terminal acetylenes is 1. The molecule has 1 amide bonds. The molecular formula is C36H52FN3O4. The summed E-state index contributed by atoms with van der Waals surface area (Å²) in [7, 11) is 0. The third-order valence-corrected chi connectivity index (χ3v) is 9.09. The number of hydrogen-bond acceptors (Lipinski definition) is 6. The van der Waals surface area contributed by atoms with Gasteiger partial charge in [-0.25, -0.2) is 0 Å². The van der Waals surface area contributed by atoms with Gasteiger partial charge in [-0.15, -0.1) is 6.42 Å². The molecule has 3 rings (SSSR count). The molecule has 3 heterocycles. The van der Waals surface area contributed by atoms with E-state index in [4.69, 9.17) is 16.2 Å². The third kappa shape index (κ3) is 10.9. The Morgan fingerprint density at radius 1 is 1.11 bits per heavy atom. The number of halogens is 1. The molecule has 1 unspecified atom stereocenters. The fourth-order valence-corrected chi connectivity index (χ4v) is 6.43. The molecule has 0 saturated carbocycles. The number of Topliss-reactive ketones (excluding diaryl/α,β-unsaturated/α-hetero) is 1. The van der Waals surface area contributed by atoms with Crippen LogP contribution in [0.4, 0.5) is 4.39 Å². The van der Waals surface area contributed by atoms with Gasteiger partial charge >= 0.3 is 0 Å². The third-order valence-electron chi connectivity index (χ3n) is 9.09. The fraction of sp³-hybridized carbons (Fsp3) is 0.694. The van der Waals surface area contributed by atoms with E-state index in [9.17, 15) is 19.1 Å². The van der Waals surface area contributed by atoms with Gasteiger partial charge in [-0.05, 0) is 57.1 Å². The zero-order chi connectivity index (χ0) is 31.8. The van der Waals surface area contributed by atoms with Crippen LogP contribution in [0.1, 0.15) is 129 Å². The number of ketones is 1. The number of nitrogens with zero attached hydrogens (tertiary/aromatic N) is 2. The molecule has 44 heavy (non-hydrogen) atoms. The van der Waals surface area contributed by atoms with Gasteiger partial charge in [0.25, 0.3) is 5.95 Å². The monoisotopic (exact) mass is 609 g/mol. The second-order valence-electron chi connectivity index (χ2n) is 12.6. The number of aliphatic imine (C=N–C) groups is 2. The minimum absolute atomic E-state index is 0.0758. The van der Waals surface area contributed by atoms with Gasteiger partial charge in [0, 0.05) is 30.9 Å². The van der Waals surface area contributed by atoms with Gasteiger partial charge in [-0.2, -0.15) is 9.38 Å². The van der Waals surface area contributed by atoms with Crippen LogP contribution in [0, 0.1) is 24.2 Å². The molecule has 0 aromatic carbocycles. The SMILES string of the molecule is C#C[C@]1(CO)O[C@@H](C2C=NC3=C(C=C=C(F)N=C3NC(=O)CCCCCCCCCCCCC)CC2)C[C@@H]1CCCC(C)=O. The van der Waals surface area contributed by atoms with Crippen molar-refractivity contribution in [2.45, 2.75) is 141 Å². The molecular weight excluding hydrogens is 557 g/mol. The molecule has 1 saturated heterocycles. The van der Waals surface area contributed by atoms with Crippen molar-refractivity contribution in [3.8, 4) is 12.3 Å². The van der Waals surface area contributed by atoms with E-state index in [2.05, 4.69) is 28.9 Å². The molecule has 0 aromatic heterocycles. The maximum absolute atomic E-state index is 14.4. The zero-order valence-electron chi connectivity index (χ0n) is 26.8. The normalized spacial score (nSPS) is 24.7. The number of rotatable bonds is 18. The van der Waals surface area contributed by atoms with E-state index in [0.29, 0.717) is 50.6 Å². The Kier molecular flexibility index (Phi) is 15.3. The first-order valence-electron chi connectivity index (χ1n) is 16.9. The lowest BCUT2D eigenvalue weighted by Gasteiger charge is -2.28. The summed E-state index contributed by atoms with van der Waals surface area (Å²) >= 11 is 0. The first-order chi connectivity index (χ1) is 21.3. The summed E-state index contributed by atoms with van der Waals surface area (Å²) in [6, 6.07) is 0. The highest BCUT2D eigenvalue weighted by Crippen LogP contribution is 2.43.